The lowest BCUT2D eigenvalue weighted by Gasteiger charge is -2.18. The van der Waals surface area contributed by atoms with Gasteiger partial charge in [-0.2, -0.15) is 10.3 Å². The van der Waals surface area contributed by atoms with Crippen LogP contribution in [0.2, 0.25) is 0 Å². The van der Waals surface area contributed by atoms with Gasteiger partial charge in [0, 0.05) is 0 Å². The minimum absolute atomic E-state index is 0.0892. The summed E-state index contributed by atoms with van der Waals surface area (Å²) in [5.41, 5.74) is 3.05. The number of phenolic OH excluding ortho intramolecular Hbond substituents is 1. The number of fused-ring (bicyclic) bond motifs is 1. The molecule has 160 valence electrons. The lowest BCUT2D eigenvalue weighted by molar-refractivity contribution is -0.144. The summed E-state index contributed by atoms with van der Waals surface area (Å²) in [7, 11) is 0. The number of carboxylic acids is 1. The minimum atomic E-state index is -1.12. The number of rotatable bonds is 7. The molecule has 0 radical (unpaired) electrons. The van der Waals surface area contributed by atoms with Gasteiger partial charge in [0.1, 0.15) is 17.3 Å². The first-order valence-electron chi connectivity index (χ1n) is 9.67. The number of carboxylic acid groups (broad SMARTS) is 1. The van der Waals surface area contributed by atoms with Crippen molar-refractivity contribution in [1.29, 1.82) is 0 Å². The maximum atomic E-state index is 11.1. The number of aromatic amines is 1. The largest absolute Gasteiger partial charge is 0.504 e. The van der Waals surface area contributed by atoms with E-state index in [4.69, 9.17) is 14.6 Å². The predicted octanol–water partition coefficient (Wildman–Crippen LogP) is 2.80. The van der Waals surface area contributed by atoms with E-state index in [1.54, 1.807) is 12.1 Å². The molecule has 1 aliphatic heterocycles. The van der Waals surface area contributed by atoms with Gasteiger partial charge in [-0.05, 0) is 49.2 Å². The van der Waals surface area contributed by atoms with Crippen LogP contribution in [0, 0.1) is 0 Å². The number of phenols is 1. The summed E-state index contributed by atoms with van der Waals surface area (Å²) in [5, 5.41) is 33.0. The van der Waals surface area contributed by atoms with Crippen LogP contribution in [0.1, 0.15) is 25.1 Å². The monoisotopic (exact) mass is 423 g/mol. The van der Waals surface area contributed by atoms with E-state index < -0.39 is 12.1 Å². The maximum Gasteiger partial charge on any atom is 0.344 e. The zero-order valence-electron chi connectivity index (χ0n) is 16.9. The van der Waals surface area contributed by atoms with Gasteiger partial charge in [0.05, 0.1) is 18.7 Å². The lowest BCUT2D eigenvalue weighted by atomic mass is 10.0. The minimum Gasteiger partial charge on any atom is -0.504 e. The van der Waals surface area contributed by atoms with Gasteiger partial charge in [-0.3, -0.25) is 4.99 Å². The summed E-state index contributed by atoms with van der Waals surface area (Å²) >= 11 is 0. The highest BCUT2D eigenvalue weighted by atomic mass is 16.5. The highest BCUT2D eigenvalue weighted by Crippen LogP contribution is 2.35. The van der Waals surface area contributed by atoms with E-state index in [1.165, 1.54) is 13.0 Å². The van der Waals surface area contributed by atoms with Crippen molar-refractivity contribution >= 4 is 17.6 Å². The third-order valence-corrected chi connectivity index (χ3v) is 4.73. The maximum absolute atomic E-state index is 11.1. The van der Waals surface area contributed by atoms with E-state index in [2.05, 4.69) is 25.7 Å². The van der Waals surface area contributed by atoms with Gasteiger partial charge in [-0.25, -0.2) is 4.79 Å². The number of hydrogen-bond acceptors (Lipinski definition) is 8. The van der Waals surface area contributed by atoms with Gasteiger partial charge in [0.2, 0.25) is 0 Å². The zero-order chi connectivity index (χ0) is 22.0. The molecule has 31 heavy (non-hydrogen) atoms. The van der Waals surface area contributed by atoms with Gasteiger partial charge in [0.25, 0.3) is 0 Å². The number of hydrogen-bond donors (Lipinski definition) is 4. The number of anilines is 1. The van der Waals surface area contributed by atoms with Crippen LogP contribution in [-0.2, 0) is 11.3 Å². The smallest absolute Gasteiger partial charge is 0.344 e. The Morgan fingerprint density at radius 3 is 2.65 bits per heavy atom. The molecule has 10 nitrogen and oxygen atoms in total. The van der Waals surface area contributed by atoms with Crippen LogP contribution in [0.15, 0.2) is 41.4 Å². The molecule has 10 heteroatoms. The van der Waals surface area contributed by atoms with Gasteiger partial charge in [0.15, 0.2) is 23.4 Å². The molecule has 1 aliphatic rings. The summed E-state index contributed by atoms with van der Waals surface area (Å²) in [4.78, 5) is 15.6. The summed E-state index contributed by atoms with van der Waals surface area (Å²) in [6, 6.07) is 10.4. The number of carbonyl (C=O) groups is 1. The third kappa shape index (κ3) is 4.13. The molecule has 0 amide bonds. The molecule has 3 aromatic rings. The molecule has 1 aromatic heterocycles. The number of aliphatic imine (C=N–C) groups is 1. The van der Waals surface area contributed by atoms with Crippen LogP contribution < -0.4 is 14.8 Å². The number of benzene rings is 2. The lowest BCUT2D eigenvalue weighted by Crippen LogP contribution is -2.22. The Balaban J connectivity index is 1.67. The van der Waals surface area contributed by atoms with Gasteiger partial charge < -0.3 is 25.0 Å². The quantitative estimate of drug-likeness (QED) is 0.454. The Kier molecular flexibility index (Phi) is 5.44. The molecule has 2 aromatic carbocycles. The molecule has 4 rings (SSSR count). The van der Waals surface area contributed by atoms with Crippen molar-refractivity contribution in [2.24, 2.45) is 4.99 Å². The van der Waals surface area contributed by atoms with E-state index in [0.717, 1.165) is 22.4 Å². The number of aliphatic carboxylic acids is 1. The topological polar surface area (TPSA) is 142 Å². The molecule has 1 atom stereocenters. The SMILES string of the molecule is CCOc1cc(-c2ccc(O)c(OC(C)C(=O)O)c2)ccc1C1=NCc2n[nH]nc2N1. The van der Waals surface area contributed by atoms with E-state index in [0.29, 0.717) is 30.6 Å². The molecule has 0 saturated heterocycles. The second-order valence-electron chi connectivity index (χ2n) is 6.83. The number of nitrogens with one attached hydrogen (secondary N) is 2. The van der Waals surface area contributed by atoms with Crippen molar-refractivity contribution in [3.8, 4) is 28.4 Å². The van der Waals surface area contributed by atoms with Crippen molar-refractivity contribution in [3.63, 3.8) is 0 Å². The second kappa shape index (κ2) is 8.34. The average Bonchev–Trinajstić information content (AvgIpc) is 3.23. The molecule has 0 spiro atoms. The van der Waals surface area contributed by atoms with Gasteiger partial charge in [-0.1, -0.05) is 12.1 Å². The molecule has 0 fully saturated rings. The third-order valence-electron chi connectivity index (χ3n) is 4.73. The first kappa shape index (κ1) is 20.2. The number of aromatic nitrogens is 3. The Morgan fingerprint density at radius 1 is 1.16 bits per heavy atom. The molecule has 1 unspecified atom stereocenters. The number of H-pyrrole nitrogens is 1. The highest BCUT2D eigenvalue weighted by Gasteiger charge is 2.20. The molecule has 0 saturated carbocycles. The van der Waals surface area contributed by atoms with E-state index >= 15 is 0 Å². The second-order valence-corrected chi connectivity index (χ2v) is 6.83. The Bertz CT molecular complexity index is 1160. The van der Waals surface area contributed by atoms with Crippen molar-refractivity contribution < 1.29 is 24.5 Å². The van der Waals surface area contributed by atoms with Crippen LogP contribution in [0.3, 0.4) is 0 Å². The summed E-state index contributed by atoms with van der Waals surface area (Å²) in [6.45, 7) is 4.15. The first-order chi connectivity index (χ1) is 15.0. The molecule has 0 aliphatic carbocycles. The van der Waals surface area contributed by atoms with E-state index in [9.17, 15) is 9.90 Å². The highest BCUT2D eigenvalue weighted by molar-refractivity contribution is 6.10. The van der Waals surface area contributed by atoms with Crippen molar-refractivity contribution in [3.05, 3.63) is 47.7 Å². The van der Waals surface area contributed by atoms with Crippen LogP contribution in [0.25, 0.3) is 11.1 Å². The Hall–Kier alpha value is -4.08. The molecule has 2 heterocycles. The van der Waals surface area contributed by atoms with Gasteiger partial charge in [-0.15, -0.1) is 5.10 Å². The van der Waals surface area contributed by atoms with Crippen molar-refractivity contribution in [2.75, 3.05) is 11.9 Å². The van der Waals surface area contributed by atoms with Gasteiger partial charge >= 0.3 is 5.97 Å². The summed E-state index contributed by atoms with van der Waals surface area (Å²) in [5.74, 6) is 0.705. The molecule has 4 N–H and O–H groups in total. The van der Waals surface area contributed by atoms with E-state index in [1.807, 2.05) is 25.1 Å². The predicted molar refractivity (Wildman–Crippen MR) is 113 cm³/mol. The molecular formula is C21H21N5O5. The van der Waals surface area contributed by atoms with Crippen LogP contribution >= 0.6 is 0 Å². The number of nitrogens with zero attached hydrogens (tertiary/aromatic N) is 3. The van der Waals surface area contributed by atoms with Crippen LogP contribution in [0.5, 0.6) is 17.2 Å². The Morgan fingerprint density at radius 2 is 1.90 bits per heavy atom. The summed E-state index contributed by atoms with van der Waals surface area (Å²) in [6.07, 6.45) is -1.10. The number of aromatic hydroxyl groups is 1. The van der Waals surface area contributed by atoms with E-state index in [-0.39, 0.29) is 11.5 Å². The average molecular weight is 423 g/mol. The fourth-order valence-electron chi connectivity index (χ4n) is 3.12. The van der Waals surface area contributed by atoms with Crippen LogP contribution in [-0.4, -0.2) is 50.1 Å². The fraction of sp³-hybridized carbons (Fsp3) is 0.238. The zero-order valence-corrected chi connectivity index (χ0v) is 16.9. The molecule has 0 bridgehead atoms. The number of ether oxygens (including phenoxy) is 2. The first-order valence-corrected chi connectivity index (χ1v) is 9.67. The van der Waals surface area contributed by atoms with Crippen molar-refractivity contribution in [1.82, 2.24) is 15.4 Å². The fourth-order valence-corrected chi connectivity index (χ4v) is 3.12. The molecular weight excluding hydrogens is 402 g/mol. The van der Waals surface area contributed by atoms with Crippen LogP contribution in [0.4, 0.5) is 5.82 Å². The summed E-state index contributed by atoms with van der Waals surface area (Å²) < 4.78 is 11.2. The van der Waals surface area contributed by atoms with Crippen molar-refractivity contribution in [2.45, 2.75) is 26.5 Å². The number of amidine groups is 1. The normalized spacial score (nSPS) is 13.5. The standard InChI is InChI=1S/C21H21N5O5/c1-3-30-17-8-12(13-5-7-16(27)18(9-13)31-11(2)21(28)29)4-6-14(17)19-22-10-15-20(23-19)25-26-24-15/h4-9,11,27H,3,10H2,1-2H3,(H,28,29)(H2,22,23,24,25,26). The Labute approximate surface area is 177 Å².